The summed E-state index contributed by atoms with van der Waals surface area (Å²) in [5, 5.41) is 6.34. The molecule has 1 aliphatic rings. The Kier molecular flexibility index (Phi) is 8.81. The lowest BCUT2D eigenvalue weighted by Crippen LogP contribution is -2.54. The Morgan fingerprint density at radius 2 is 1.97 bits per heavy atom. The maximum Gasteiger partial charge on any atom is 0.234 e. The van der Waals surface area contributed by atoms with E-state index >= 15 is 0 Å². The molecular formula is C23H32N6O2. The highest BCUT2D eigenvalue weighted by Crippen LogP contribution is 2.17. The molecule has 2 heterocycles. The number of carbonyl (C=O) groups excluding carboxylic acids is 1. The number of pyridine rings is 1. The van der Waals surface area contributed by atoms with E-state index in [0.29, 0.717) is 26.2 Å². The molecule has 1 aliphatic heterocycles. The van der Waals surface area contributed by atoms with Crippen LogP contribution in [0.3, 0.4) is 0 Å². The van der Waals surface area contributed by atoms with Crippen LogP contribution < -0.4 is 10.6 Å². The number of hydrogen-bond donors (Lipinski definition) is 2. The van der Waals surface area contributed by atoms with Gasteiger partial charge in [0.2, 0.25) is 5.91 Å². The van der Waals surface area contributed by atoms with Crippen molar-refractivity contribution in [3.63, 3.8) is 0 Å². The van der Waals surface area contributed by atoms with E-state index in [-0.39, 0.29) is 5.91 Å². The molecule has 1 fully saturated rings. The summed E-state index contributed by atoms with van der Waals surface area (Å²) in [6, 6.07) is 14.3. The van der Waals surface area contributed by atoms with Crippen LogP contribution >= 0.6 is 0 Å². The molecule has 0 bridgehead atoms. The van der Waals surface area contributed by atoms with Crippen molar-refractivity contribution >= 4 is 11.9 Å². The van der Waals surface area contributed by atoms with Crippen LogP contribution in [-0.2, 0) is 16.1 Å². The van der Waals surface area contributed by atoms with Gasteiger partial charge in [0.05, 0.1) is 18.8 Å². The number of nitrogens with zero attached hydrogens (tertiary/aromatic N) is 4. The van der Waals surface area contributed by atoms with Crippen molar-refractivity contribution in [1.82, 2.24) is 25.4 Å². The van der Waals surface area contributed by atoms with Gasteiger partial charge in [-0.1, -0.05) is 24.3 Å². The van der Waals surface area contributed by atoms with Crippen molar-refractivity contribution in [2.75, 3.05) is 60.0 Å². The highest BCUT2D eigenvalue weighted by Gasteiger charge is 2.21. The Morgan fingerprint density at radius 1 is 1.13 bits per heavy atom. The molecule has 2 aromatic rings. The van der Waals surface area contributed by atoms with E-state index in [0.717, 1.165) is 43.4 Å². The fraction of sp³-hybridized carbons (Fsp3) is 0.435. The van der Waals surface area contributed by atoms with Crippen molar-refractivity contribution in [1.29, 1.82) is 0 Å². The maximum atomic E-state index is 12.0. The van der Waals surface area contributed by atoms with E-state index < -0.39 is 0 Å². The number of carbonyl (C=O) groups is 1. The molecule has 0 atom stereocenters. The lowest BCUT2D eigenvalue weighted by atomic mass is 10.1. The first-order chi connectivity index (χ1) is 15.2. The number of nitrogens with one attached hydrogen (secondary N) is 2. The van der Waals surface area contributed by atoms with Gasteiger partial charge in [-0.25, -0.2) is 0 Å². The lowest BCUT2D eigenvalue weighted by molar-refractivity contribution is -0.122. The minimum Gasteiger partial charge on any atom is -0.383 e. The van der Waals surface area contributed by atoms with E-state index in [2.05, 4.69) is 54.7 Å². The van der Waals surface area contributed by atoms with Gasteiger partial charge in [-0.15, -0.1) is 0 Å². The topological polar surface area (TPSA) is 82.1 Å². The predicted molar refractivity (Wildman–Crippen MR) is 123 cm³/mol. The normalized spacial score (nSPS) is 15.0. The first-order valence-electron chi connectivity index (χ1n) is 10.6. The van der Waals surface area contributed by atoms with Gasteiger partial charge in [0.1, 0.15) is 0 Å². The molecule has 1 aromatic carbocycles. The largest absolute Gasteiger partial charge is 0.383 e. The summed E-state index contributed by atoms with van der Waals surface area (Å²) >= 11 is 0. The van der Waals surface area contributed by atoms with Crippen LogP contribution in [0.15, 0.2) is 53.7 Å². The third-order valence-electron chi connectivity index (χ3n) is 5.22. The molecule has 2 N–H and O–H groups in total. The van der Waals surface area contributed by atoms with Gasteiger partial charge in [-0.05, 0) is 23.8 Å². The van der Waals surface area contributed by atoms with E-state index in [4.69, 9.17) is 4.74 Å². The number of hydrogen-bond acceptors (Lipinski definition) is 5. The SMILES string of the molecule is CN=C(NCc1cccc(-c2ccccn2)c1)N1CCN(CC(=O)NCCOC)CC1. The number of guanidine groups is 1. The highest BCUT2D eigenvalue weighted by atomic mass is 16.5. The number of amides is 1. The molecule has 3 rings (SSSR count). The van der Waals surface area contributed by atoms with Crippen LogP contribution in [0.25, 0.3) is 11.3 Å². The molecule has 8 heteroatoms. The van der Waals surface area contributed by atoms with Crippen molar-refractivity contribution in [2.24, 2.45) is 4.99 Å². The minimum absolute atomic E-state index is 0.0424. The fourth-order valence-corrected chi connectivity index (χ4v) is 3.56. The zero-order chi connectivity index (χ0) is 21.9. The van der Waals surface area contributed by atoms with Gasteiger partial charge >= 0.3 is 0 Å². The van der Waals surface area contributed by atoms with Crippen LogP contribution in [-0.4, -0.2) is 86.7 Å². The second-order valence-corrected chi connectivity index (χ2v) is 7.42. The Balaban J connectivity index is 1.47. The molecule has 1 saturated heterocycles. The Morgan fingerprint density at radius 3 is 2.68 bits per heavy atom. The maximum absolute atomic E-state index is 12.0. The van der Waals surface area contributed by atoms with Gasteiger partial charge in [0.25, 0.3) is 0 Å². The Labute approximate surface area is 184 Å². The summed E-state index contributed by atoms with van der Waals surface area (Å²) in [5.74, 6) is 0.924. The van der Waals surface area contributed by atoms with Crippen molar-refractivity contribution < 1.29 is 9.53 Å². The van der Waals surface area contributed by atoms with Crippen LogP contribution in [0.1, 0.15) is 5.56 Å². The third kappa shape index (κ3) is 7.04. The van der Waals surface area contributed by atoms with Gasteiger partial charge in [0.15, 0.2) is 5.96 Å². The van der Waals surface area contributed by atoms with Crippen LogP contribution in [0, 0.1) is 0 Å². The van der Waals surface area contributed by atoms with Gasteiger partial charge in [-0.2, -0.15) is 0 Å². The van der Waals surface area contributed by atoms with Gasteiger partial charge in [0, 0.05) is 65.2 Å². The van der Waals surface area contributed by atoms with E-state index in [1.165, 1.54) is 5.56 Å². The molecule has 0 spiro atoms. The molecular weight excluding hydrogens is 392 g/mol. The number of rotatable bonds is 8. The molecule has 1 amide bonds. The first-order valence-corrected chi connectivity index (χ1v) is 10.6. The first kappa shape index (κ1) is 22.7. The Hall–Kier alpha value is -2.97. The molecule has 0 radical (unpaired) electrons. The summed E-state index contributed by atoms with van der Waals surface area (Å²) in [4.78, 5) is 25.3. The molecule has 0 saturated carbocycles. The molecule has 0 unspecified atom stereocenters. The number of methoxy groups -OCH3 is 1. The number of piperazine rings is 1. The Bertz CT molecular complexity index is 850. The molecule has 31 heavy (non-hydrogen) atoms. The molecule has 1 aromatic heterocycles. The zero-order valence-electron chi connectivity index (χ0n) is 18.4. The van der Waals surface area contributed by atoms with E-state index in [9.17, 15) is 4.79 Å². The number of ether oxygens (including phenoxy) is 1. The lowest BCUT2D eigenvalue weighted by Gasteiger charge is -2.36. The van der Waals surface area contributed by atoms with E-state index in [1.54, 1.807) is 7.11 Å². The van der Waals surface area contributed by atoms with Gasteiger partial charge < -0.3 is 20.3 Å². The highest BCUT2D eigenvalue weighted by molar-refractivity contribution is 5.80. The van der Waals surface area contributed by atoms with Gasteiger partial charge in [-0.3, -0.25) is 19.7 Å². The van der Waals surface area contributed by atoms with Crippen LogP contribution in [0.5, 0.6) is 0 Å². The third-order valence-corrected chi connectivity index (χ3v) is 5.22. The quantitative estimate of drug-likeness (QED) is 0.377. The molecule has 0 aliphatic carbocycles. The summed E-state index contributed by atoms with van der Waals surface area (Å²) in [6.45, 7) is 5.51. The van der Waals surface area contributed by atoms with E-state index in [1.807, 2.05) is 31.4 Å². The minimum atomic E-state index is 0.0424. The molecule has 8 nitrogen and oxygen atoms in total. The zero-order valence-corrected chi connectivity index (χ0v) is 18.4. The summed E-state index contributed by atoms with van der Waals surface area (Å²) in [5.41, 5.74) is 3.25. The summed E-state index contributed by atoms with van der Waals surface area (Å²) in [7, 11) is 3.44. The predicted octanol–water partition coefficient (Wildman–Crippen LogP) is 1.20. The average Bonchev–Trinajstić information content (AvgIpc) is 2.81. The smallest absolute Gasteiger partial charge is 0.234 e. The number of aliphatic imine (C=N–C) groups is 1. The fourth-order valence-electron chi connectivity index (χ4n) is 3.56. The van der Waals surface area contributed by atoms with Crippen LogP contribution in [0.4, 0.5) is 0 Å². The van der Waals surface area contributed by atoms with Crippen LogP contribution in [0.2, 0.25) is 0 Å². The monoisotopic (exact) mass is 424 g/mol. The molecule has 166 valence electrons. The summed E-state index contributed by atoms with van der Waals surface area (Å²) < 4.78 is 4.96. The summed E-state index contributed by atoms with van der Waals surface area (Å²) in [6.07, 6.45) is 1.81. The standard InChI is InChI=1S/C23H32N6O2/c1-24-23(29-13-11-28(12-14-29)18-22(30)26-10-15-31-2)27-17-19-6-5-7-20(16-19)21-8-3-4-9-25-21/h3-9,16H,10-15,17-18H2,1-2H3,(H,24,27)(H,26,30). The average molecular weight is 425 g/mol. The number of aromatic nitrogens is 1. The second kappa shape index (κ2) is 12.0. The van der Waals surface area contributed by atoms with Crippen molar-refractivity contribution in [2.45, 2.75) is 6.54 Å². The van der Waals surface area contributed by atoms with Crippen molar-refractivity contribution in [3.8, 4) is 11.3 Å². The van der Waals surface area contributed by atoms with Crippen molar-refractivity contribution in [3.05, 3.63) is 54.2 Å². The number of benzene rings is 1. The second-order valence-electron chi connectivity index (χ2n) is 7.42.